The summed E-state index contributed by atoms with van der Waals surface area (Å²) in [5.74, 6) is 0.962. The normalized spacial score (nSPS) is 14.0. The predicted octanol–water partition coefficient (Wildman–Crippen LogP) is 1.41. The molecule has 1 aromatic heterocycles. The number of ether oxygens (including phenoxy) is 1. The number of carbonyl (C=O) groups is 2. The minimum absolute atomic E-state index is 0.277. The van der Waals surface area contributed by atoms with Crippen LogP contribution in [0.3, 0.4) is 0 Å². The van der Waals surface area contributed by atoms with E-state index < -0.39 is 0 Å². The van der Waals surface area contributed by atoms with Crippen LogP contribution in [-0.2, 0) is 4.79 Å². The third kappa shape index (κ3) is 4.08. The molecule has 0 bridgehead atoms. The van der Waals surface area contributed by atoms with Crippen LogP contribution in [0.25, 0.3) is 0 Å². The van der Waals surface area contributed by atoms with E-state index >= 15 is 0 Å². The van der Waals surface area contributed by atoms with E-state index in [1.807, 2.05) is 24.0 Å². The number of benzene rings is 1. The first-order valence-electron chi connectivity index (χ1n) is 8.50. The second-order valence-corrected chi connectivity index (χ2v) is 5.77. The molecule has 3 rings (SSSR count). The van der Waals surface area contributed by atoms with Crippen LogP contribution in [0.2, 0.25) is 0 Å². The Balaban J connectivity index is 1.72. The number of hydrogen-bond donors (Lipinski definition) is 1. The Hall–Kier alpha value is -3.16. The van der Waals surface area contributed by atoms with Gasteiger partial charge in [0.15, 0.2) is 0 Å². The highest BCUT2D eigenvalue weighted by atomic mass is 16.5. The Kier molecular flexibility index (Phi) is 5.62. The number of nitrogens with one attached hydrogen (secondary N) is 1. The van der Waals surface area contributed by atoms with Crippen LogP contribution in [0.1, 0.15) is 17.4 Å². The first kappa shape index (κ1) is 17.7. The van der Waals surface area contributed by atoms with Gasteiger partial charge in [-0.3, -0.25) is 9.59 Å². The molecule has 0 atom stereocenters. The number of aromatic nitrogens is 2. The van der Waals surface area contributed by atoms with Gasteiger partial charge in [-0.1, -0.05) is 12.1 Å². The van der Waals surface area contributed by atoms with E-state index in [1.165, 1.54) is 6.33 Å². The molecule has 0 saturated carbocycles. The van der Waals surface area contributed by atoms with Gasteiger partial charge in [-0.25, -0.2) is 9.97 Å². The van der Waals surface area contributed by atoms with Crippen LogP contribution in [0.5, 0.6) is 5.75 Å². The summed E-state index contributed by atoms with van der Waals surface area (Å²) in [5.41, 5.74) is 0.873. The smallest absolute Gasteiger partial charge is 0.274 e. The molecular weight excluding hydrogens is 334 g/mol. The van der Waals surface area contributed by atoms with Crippen molar-refractivity contribution in [3.63, 3.8) is 0 Å². The lowest BCUT2D eigenvalue weighted by molar-refractivity contribution is -0.118. The molecule has 1 fully saturated rings. The molecule has 1 aliphatic rings. The summed E-state index contributed by atoms with van der Waals surface area (Å²) in [6, 6.07) is 8.92. The first-order valence-corrected chi connectivity index (χ1v) is 8.50. The zero-order valence-electron chi connectivity index (χ0n) is 14.6. The largest absolute Gasteiger partial charge is 0.492 e. The van der Waals surface area contributed by atoms with Gasteiger partial charge in [0.05, 0.1) is 12.3 Å². The second-order valence-electron chi connectivity index (χ2n) is 5.77. The molecule has 0 radical (unpaired) electrons. The van der Waals surface area contributed by atoms with E-state index in [4.69, 9.17) is 4.74 Å². The van der Waals surface area contributed by atoms with Gasteiger partial charge in [0.25, 0.3) is 5.91 Å². The monoisotopic (exact) mass is 355 g/mol. The van der Waals surface area contributed by atoms with Gasteiger partial charge in [-0.15, -0.1) is 0 Å². The van der Waals surface area contributed by atoms with Gasteiger partial charge in [0, 0.05) is 32.2 Å². The fraction of sp³-hybridized carbons (Fsp3) is 0.333. The summed E-state index contributed by atoms with van der Waals surface area (Å²) >= 11 is 0. The number of nitrogens with zero attached hydrogens (tertiary/aromatic N) is 4. The molecule has 2 amide bonds. The Labute approximate surface area is 151 Å². The van der Waals surface area contributed by atoms with Crippen molar-refractivity contribution >= 4 is 23.8 Å². The lowest BCUT2D eigenvalue weighted by Crippen LogP contribution is -2.46. The molecule has 0 aliphatic carbocycles. The molecule has 1 aliphatic heterocycles. The molecule has 8 nitrogen and oxygen atoms in total. The predicted molar refractivity (Wildman–Crippen MR) is 97.4 cm³/mol. The quantitative estimate of drug-likeness (QED) is 0.788. The Morgan fingerprint density at radius 1 is 1.23 bits per heavy atom. The number of para-hydroxylation sites is 2. The molecule has 136 valence electrons. The van der Waals surface area contributed by atoms with Crippen molar-refractivity contribution in [3.8, 4) is 5.75 Å². The van der Waals surface area contributed by atoms with E-state index in [-0.39, 0.29) is 11.6 Å². The minimum atomic E-state index is -0.327. The standard InChI is InChI=1S/C18H21N5O3/c1-2-26-16-6-4-3-5-14(16)21-18(25)15-11-17(20-12-19-15)23-9-7-22(13-24)8-10-23/h3-6,11-13H,2,7-10H2,1H3,(H,21,25). The average molecular weight is 355 g/mol. The number of amides is 2. The summed E-state index contributed by atoms with van der Waals surface area (Å²) in [7, 11) is 0. The molecule has 0 spiro atoms. The van der Waals surface area contributed by atoms with Crippen molar-refractivity contribution in [3.05, 3.63) is 42.4 Å². The number of carbonyl (C=O) groups excluding carboxylic acids is 2. The summed E-state index contributed by atoms with van der Waals surface area (Å²) < 4.78 is 5.52. The molecule has 0 unspecified atom stereocenters. The van der Waals surface area contributed by atoms with Gasteiger partial charge in [0.2, 0.25) is 6.41 Å². The second kappa shape index (κ2) is 8.28. The van der Waals surface area contributed by atoms with Gasteiger partial charge in [0.1, 0.15) is 23.6 Å². The van der Waals surface area contributed by atoms with Gasteiger partial charge in [-0.05, 0) is 19.1 Å². The fourth-order valence-corrected chi connectivity index (χ4v) is 2.74. The van der Waals surface area contributed by atoms with Gasteiger partial charge in [-0.2, -0.15) is 0 Å². The van der Waals surface area contributed by atoms with Crippen molar-refractivity contribution in [1.82, 2.24) is 14.9 Å². The van der Waals surface area contributed by atoms with E-state index in [1.54, 1.807) is 23.1 Å². The van der Waals surface area contributed by atoms with Crippen LogP contribution in [0.4, 0.5) is 11.5 Å². The Morgan fingerprint density at radius 2 is 2.00 bits per heavy atom. The summed E-state index contributed by atoms with van der Waals surface area (Å²) in [6.07, 6.45) is 2.23. The Bertz CT molecular complexity index is 775. The number of rotatable bonds is 6. The molecule has 8 heteroatoms. The van der Waals surface area contributed by atoms with Crippen LogP contribution in [-0.4, -0.2) is 60.0 Å². The topological polar surface area (TPSA) is 87.7 Å². The number of piperazine rings is 1. The third-order valence-electron chi connectivity index (χ3n) is 4.11. The lowest BCUT2D eigenvalue weighted by Gasteiger charge is -2.33. The zero-order valence-corrected chi connectivity index (χ0v) is 14.6. The van der Waals surface area contributed by atoms with E-state index in [2.05, 4.69) is 15.3 Å². The maximum atomic E-state index is 12.6. The summed E-state index contributed by atoms with van der Waals surface area (Å²) in [4.78, 5) is 35.5. The highest BCUT2D eigenvalue weighted by Gasteiger charge is 2.19. The van der Waals surface area contributed by atoms with Crippen LogP contribution >= 0.6 is 0 Å². The molecule has 1 saturated heterocycles. The molecule has 2 heterocycles. The summed E-state index contributed by atoms with van der Waals surface area (Å²) in [6.45, 7) is 5.01. The highest BCUT2D eigenvalue weighted by Crippen LogP contribution is 2.24. The van der Waals surface area contributed by atoms with Crippen molar-refractivity contribution in [2.45, 2.75) is 6.92 Å². The Morgan fingerprint density at radius 3 is 2.73 bits per heavy atom. The number of hydrogen-bond acceptors (Lipinski definition) is 6. The maximum Gasteiger partial charge on any atom is 0.274 e. The molecule has 1 N–H and O–H groups in total. The molecule has 2 aromatic rings. The van der Waals surface area contributed by atoms with E-state index in [0.717, 1.165) is 6.41 Å². The SMILES string of the molecule is CCOc1ccccc1NC(=O)c1cc(N2CCN(C=O)CC2)ncn1. The molecular formula is C18H21N5O3. The van der Waals surface area contributed by atoms with Gasteiger partial charge < -0.3 is 19.9 Å². The average Bonchev–Trinajstić information content (AvgIpc) is 2.70. The number of anilines is 2. The van der Waals surface area contributed by atoms with Crippen molar-refractivity contribution < 1.29 is 14.3 Å². The fourth-order valence-electron chi connectivity index (χ4n) is 2.74. The molecule has 26 heavy (non-hydrogen) atoms. The van der Waals surface area contributed by atoms with Gasteiger partial charge >= 0.3 is 0 Å². The first-order chi connectivity index (χ1) is 12.7. The zero-order chi connectivity index (χ0) is 18.4. The third-order valence-corrected chi connectivity index (χ3v) is 4.11. The van der Waals surface area contributed by atoms with E-state index in [9.17, 15) is 9.59 Å². The van der Waals surface area contributed by atoms with Crippen molar-refractivity contribution in [2.75, 3.05) is 43.0 Å². The van der Waals surface area contributed by atoms with Crippen LogP contribution in [0.15, 0.2) is 36.7 Å². The maximum absolute atomic E-state index is 12.6. The van der Waals surface area contributed by atoms with Crippen LogP contribution < -0.4 is 15.0 Å². The molecule has 1 aromatic carbocycles. The van der Waals surface area contributed by atoms with E-state index in [0.29, 0.717) is 50.0 Å². The van der Waals surface area contributed by atoms with Crippen LogP contribution in [0, 0.1) is 0 Å². The highest BCUT2D eigenvalue weighted by molar-refractivity contribution is 6.04. The minimum Gasteiger partial charge on any atom is -0.492 e. The summed E-state index contributed by atoms with van der Waals surface area (Å²) in [5, 5.41) is 2.83. The lowest BCUT2D eigenvalue weighted by atomic mass is 10.2. The van der Waals surface area contributed by atoms with Crippen molar-refractivity contribution in [1.29, 1.82) is 0 Å². The van der Waals surface area contributed by atoms with Crippen molar-refractivity contribution in [2.24, 2.45) is 0 Å².